The van der Waals surface area contributed by atoms with Gasteiger partial charge in [-0.05, 0) is 42.8 Å². The van der Waals surface area contributed by atoms with Crippen molar-refractivity contribution in [2.45, 2.75) is 25.3 Å². The highest BCUT2D eigenvalue weighted by molar-refractivity contribution is 5.99. The molecule has 3 heterocycles. The summed E-state index contributed by atoms with van der Waals surface area (Å²) in [5, 5.41) is 4.28. The molecule has 0 aliphatic carbocycles. The Labute approximate surface area is 166 Å². The van der Waals surface area contributed by atoms with E-state index in [1.807, 2.05) is 18.2 Å². The normalized spacial score (nSPS) is 19.5. The third-order valence-corrected chi connectivity index (χ3v) is 5.21. The number of nitrogens with two attached hydrogens (primary N) is 1. The van der Waals surface area contributed by atoms with E-state index in [-0.39, 0.29) is 36.1 Å². The number of guanidine groups is 1. The Bertz CT molecular complexity index is 1140. The lowest BCUT2D eigenvalue weighted by Crippen LogP contribution is -2.47. The zero-order chi connectivity index (χ0) is 20.8. The fourth-order valence-electron chi connectivity index (χ4n) is 3.51. The Balaban J connectivity index is 1.65. The number of hydrogen-bond acceptors (Lipinski definition) is 5. The van der Waals surface area contributed by atoms with Crippen molar-refractivity contribution in [3.63, 3.8) is 0 Å². The SMILES string of the molecule is CN1C(=O)CC(C)(c2cc(CC(=O)c3cc4ccccn4n3)ccc2F)N=C1N. The molecular weight excluding hydrogens is 373 g/mol. The lowest BCUT2D eigenvalue weighted by molar-refractivity contribution is -0.128. The molecule has 2 aromatic heterocycles. The number of nitrogens with zero attached hydrogens (tertiary/aromatic N) is 4. The Morgan fingerprint density at radius 1 is 1.28 bits per heavy atom. The van der Waals surface area contributed by atoms with Crippen molar-refractivity contribution < 1.29 is 14.0 Å². The summed E-state index contributed by atoms with van der Waals surface area (Å²) in [4.78, 5) is 30.5. The standard InChI is InChI=1S/C21H20FN5O2/c1-21(12-19(29)26(2)20(23)24-21)15-9-13(6-7-16(15)22)10-18(28)17-11-14-5-3-4-8-27(14)25-17/h3-9,11H,10,12H2,1-2H3,(H2,23,24). The molecule has 1 aromatic carbocycles. The Hall–Kier alpha value is -3.55. The highest BCUT2D eigenvalue weighted by Crippen LogP contribution is 2.35. The number of hydrogen-bond donors (Lipinski definition) is 1. The van der Waals surface area contributed by atoms with Crippen LogP contribution in [-0.4, -0.2) is 39.2 Å². The molecule has 1 atom stereocenters. The van der Waals surface area contributed by atoms with Crippen LogP contribution in [0.25, 0.3) is 5.52 Å². The van der Waals surface area contributed by atoms with Crippen LogP contribution in [0.1, 0.15) is 35.0 Å². The number of carbonyl (C=O) groups excluding carboxylic acids is 2. The Kier molecular flexibility index (Phi) is 4.41. The molecule has 1 aliphatic heterocycles. The summed E-state index contributed by atoms with van der Waals surface area (Å²) in [6, 6.07) is 11.7. The predicted molar refractivity (Wildman–Crippen MR) is 106 cm³/mol. The number of fused-ring (bicyclic) bond motifs is 1. The van der Waals surface area contributed by atoms with E-state index in [0.717, 1.165) is 5.52 Å². The smallest absolute Gasteiger partial charge is 0.231 e. The minimum Gasteiger partial charge on any atom is -0.369 e. The molecule has 1 unspecified atom stereocenters. The van der Waals surface area contributed by atoms with E-state index in [1.165, 1.54) is 18.0 Å². The van der Waals surface area contributed by atoms with Crippen molar-refractivity contribution in [2.75, 3.05) is 7.05 Å². The van der Waals surface area contributed by atoms with E-state index in [9.17, 15) is 14.0 Å². The molecule has 0 bridgehead atoms. The number of Topliss-reactive ketones (excluding diaryl/α,β-unsaturated/α-hetero) is 1. The van der Waals surface area contributed by atoms with Crippen LogP contribution in [0.15, 0.2) is 53.7 Å². The molecule has 8 heteroatoms. The molecule has 0 saturated heterocycles. The number of aromatic nitrogens is 2. The zero-order valence-electron chi connectivity index (χ0n) is 16.1. The molecular formula is C21H20FN5O2. The lowest BCUT2D eigenvalue weighted by Gasteiger charge is -2.34. The van der Waals surface area contributed by atoms with Crippen molar-refractivity contribution in [1.29, 1.82) is 0 Å². The van der Waals surface area contributed by atoms with E-state index in [2.05, 4.69) is 10.1 Å². The molecule has 7 nitrogen and oxygen atoms in total. The second-order valence-electron chi connectivity index (χ2n) is 7.39. The maximum Gasteiger partial charge on any atom is 0.231 e. The van der Waals surface area contributed by atoms with Crippen molar-refractivity contribution in [3.05, 3.63) is 71.3 Å². The van der Waals surface area contributed by atoms with Gasteiger partial charge in [-0.1, -0.05) is 12.1 Å². The molecule has 0 fully saturated rings. The molecule has 0 spiro atoms. The molecule has 0 radical (unpaired) electrons. The summed E-state index contributed by atoms with van der Waals surface area (Å²) >= 11 is 0. The molecule has 148 valence electrons. The maximum atomic E-state index is 14.6. The van der Waals surface area contributed by atoms with Crippen LogP contribution in [0.3, 0.4) is 0 Å². The van der Waals surface area contributed by atoms with Gasteiger partial charge in [0.15, 0.2) is 11.7 Å². The summed E-state index contributed by atoms with van der Waals surface area (Å²) in [6.07, 6.45) is 1.81. The van der Waals surface area contributed by atoms with E-state index < -0.39 is 11.4 Å². The van der Waals surface area contributed by atoms with Gasteiger partial charge >= 0.3 is 0 Å². The van der Waals surface area contributed by atoms with Crippen molar-refractivity contribution in [1.82, 2.24) is 14.5 Å². The number of halogens is 1. The fourth-order valence-corrected chi connectivity index (χ4v) is 3.51. The molecule has 1 aliphatic rings. The second kappa shape index (κ2) is 6.80. The van der Waals surface area contributed by atoms with E-state index in [0.29, 0.717) is 11.3 Å². The topological polar surface area (TPSA) is 93.1 Å². The summed E-state index contributed by atoms with van der Waals surface area (Å²) in [7, 11) is 1.53. The first-order valence-corrected chi connectivity index (χ1v) is 9.15. The maximum absolute atomic E-state index is 14.6. The molecule has 3 aromatic rings. The monoisotopic (exact) mass is 393 g/mol. The van der Waals surface area contributed by atoms with Crippen LogP contribution in [0.4, 0.5) is 4.39 Å². The van der Waals surface area contributed by atoms with Crippen LogP contribution < -0.4 is 5.73 Å². The van der Waals surface area contributed by atoms with E-state index in [4.69, 9.17) is 5.73 Å². The number of aliphatic imine (C=N–C) groups is 1. The minimum absolute atomic E-state index is 0.00897. The summed E-state index contributed by atoms with van der Waals surface area (Å²) in [5.41, 5.74) is 6.72. The van der Waals surface area contributed by atoms with Crippen molar-refractivity contribution >= 4 is 23.2 Å². The highest BCUT2D eigenvalue weighted by Gasteiger charge is 2.38. The van der Waals surface area contributed by atoms with Gasteiger partial charge in [-0.25, -0.2) is 13.9 Å². The number of ketones is 1. The van der Waals surface area contributed by atoms with Gasteiger partial charge in [0.1, 0.15) is 11.5 Å². The first kappa shape index (κ1) is 18.8. The quantitative estimate of drug-likeness (QED) is 0.689. The van der Waals surface area contributed by atoms with Crippen LogP contribution in [0, 0.1) is 5.82 Å². The number of benzene rings is 1. The summed E-state index contributed by atoms with van der Waals surface area (Å²) < 4.78 is 16.2. The second-order valence-corrected chi connectivity index (χ2v) is 7.39. The molecule has 4 rings (SSSR count). The first-order valence-electron chi connectivity index (χ1n) is 9.15. The van der Waals surface area contributed by atoms with Gasteiger partial charge < -0.3 is 5.73 Å². The van der Waals surface area contributed by atoms with Gasteiger partial charge in [-0.3, -0.25) is 14.5 Å². The van der Waals surface area contributed by atoms with E-state index >= 15 is 0 Å². The molecule has 0 saturated carbocycles. The highest BCUT2D eigenvalue weighted by atomic mass is 19.1. The third-order valence-electron chi connectivity index (χ3n) is 5.21. The van der Waals surface area contributed by atoms with Gasteiger partial charge in [-0.2, -0.15) is 5.10 Å². The van der Waals surface area contributed by atoms with Crippen LogP contribution >= 0.6 is 0 Å². The van der Waals surface area contributed by atoms with Crippen molar-refractivity contribution in [3.8, 4) is 0 Å². The largest absolute Gasteiger partial charge is 0.369 e. The van der Waals surface area contributed by atoms with Gasteiger partial charge in [-0.15, -0.1) is 0 Å². The average Bonchev–Trinajstić information content (AvgIpc) is 3.12. The Morgan fingerprint density at radius 2 is 2.07 bits per heavy atom. The fraction of sp³-hybridized carbons (Fsp3) is 0.238. The molecule has 29 heavy (non-hydrogen) atoms. The first-order chi connectivity index (χ1) is 13.8. The van der Waals surface area contributed by atoms with Gasteiger partial charge in [0.25, 0.3) is 0 Å². The summed E-state index contributed by atoms with van der Waals surface area (Å²) in [6.45, 7) is 1.66. The number of pyridine rings is 1. The predicted octanol–water partition coefficient (Wildman–Crippen LogP) is 2.29. The molecule has 1 amide bonds. The lowest BCUT2D eigenvalue weighted by atomic mass is 9.85. The zero-order valence-corrected chi connectivity index (χ0v) is 16.1. The third kappa shape index (κ3) is 3.37. The Morgan fingerprint density at radius 3 is 2.79 bits per heavy atom. The number of amides is 1. The summed E-state index contributed by atoms with van der Waals surface area (Å²) in [5.74, 6) is -0.885. The minimum atomic E-state index is -1.13. The average molecular weight is 393 g/mol. The van der Waals surface area contributed by atoms with Crippen LogP contribution in [0.2, 0.25) is 0 Å². The number of carbonyl (C=O) groups is 2. The van der Waals surface area contributed by atoms with Gasteiger partial charge in [0.05, 0.1) is 17.5 Å². The molecule has 2 N–H and O–H groups in total. The van der Waals surface area contributed by atoms with Crippen molar-refractivity contribution in [2.24, 2.45) is 10.7 Å². The van der Waals surface area contributed by atoms with Crippen LogP contribution in [0.5, 0.6) is 0 Å². The van der Waals surface area contributed by atoms with Gasteiger partial charge in [0.2, 0.25) is 5.91 Å². The van der Waals surface area contributed by atoms with Gasteiger partial charge in [0, 0.05) is 25.2 Å². The van der Waals surface area contributed by atoms with E-state index in [1.54, 1.807) is 35.8 Å². The van der Waals surface area contributed by atoms with Crippen LogP contribution in [-0.2, 0) is 16.8 Å². The number of rotatable bonds is 4.